The molecule has 0 aliphatic heterocycles. The first-order chi connectivity index (χ1) is 9.73. The number of aromatic nitrogens is 1. The van der Waals surface area contributed by atoms with E-state index in [0.29, 0.717) is 5.69 Å². The number of rotatable bonds is 2. The lowest BCUT2D eigenvalue weighted by Crippen LogP contribution is -2.19. The normalized spacial score (nSPS) is 10.8. The average molecular weight is 322 g/mol. The summed E-state index contributed by atoms with van der Waals surface area (Å²) in [5.74, 6) is -12.5. The highest BCUT2D eigenvalue weighted by atomic mass is 32.1. The van der Waals surface area contributed by atoms with Crippen LogP contribution in [0.3, 0.4) is 0 Å². The molecule has 1 N–H and O–H groups in total. The summed E-state index contributed by atoms with van der Waals surface area (Å²) in [6, 6.07) is 0. The Kier molecular flexibility index (Phi) is 3.95. The van der Waals surface area contributed by atoms with Gasteiger partial charge in [0.2, 0.25) is 5.82 Å². The largest absolute Gasteiger partial charge is 0.298 e. The van der Waals surface area contributed by atoms with Gasteiger partial charge >= 0.3 is 0 Å². The molecule has 0 atom stereocenters. The Labute approximate surface area is 119 Å². The Balaban J connectivity index is 2.44. The van der Waals surface area contributed by atoms with E-state index in [1.807, 2.05) is 5.32 Å². The van der Waals surface area contributed by atoms with E-state index in [0.717, 1.165) is 16.2 Å². The van der Waals surface area contributed by atoms with Gasteiger partial charge in [0.1, 0.15) is 5.56 Å². The zero-order valence-corrected chi connectivity index (χ0v) is 11.5. The first-order valence-electron chi connectivity index (χ1n) is 5.50. The molecule has 0 saturated heterocycles. The van der Waals surface area contributed by atoms with Crippen LogP contribution in [0.4, 0.5) is 27.1 Å². The molecule has 0 unspecified atom stereocenters. The minimum Gasteiger partial charge on any atom is -0.298 e. The highest BCUT2D eigenvalue weighted by Crippen LogP contribution is 2.26. The number of anilines is 1. The number of thiazole rings is 1. The lowest BCUT2D eigenvalue weighted by Gasteiger charge is -2.07. The third-order valence-corrected chi connectivity index (χ3v) is 3.67. The van der Waals surface area contributed by atoms with Gasteiger partial charge in [-0.3, -0.25) is 10.1 Å². The Morgan fingerprint density at radius 2 is 1.43 bits per heavy atom. The fourth-order valence-electron chi connectivity index (χ4n) is 1.49. The van der Waals surface area contributed by atoms with E-state index in [-0.39, 0.29) is 5.13 Å². The van der Waals surface area contributed by atoms with Gasteiger partial charge in [-0.1, -0.05) is 0 Å². The van der Waals surface area contributed by atoms with Crippen LogP contribution in [-0.2, 0) is 0 Å². The van der Waals surface area contributed by atoms with Crippen LogP contribution in [0.2, 0.25) is 0 Å². The second kappa shape index (κ2) is 5.40. The first kappa shape index (κ1) is 15.4. The Morgan fingerprint density at radius 1 is 0.952 bits per heavy atom. The van der Waals surface area contributed by atoms with Crippen molar-refractivity contribution in [1.29, 1.82) is 0 Å². The third-order valence-electron chi connectivity index (χ3n) is 2.69. The van der Waals surface area contributed by atoms with Crippen molar-refractivity contribution in [2.45, 2.75) is 13.8 Å². The molecule has 2 aromatic rings. The average Bonchev–Trinajstić information content (AvgIpc) is 2.73. The Morgan fingerprint density at radius 3 is 1.86 bits per heavy atom. The van der Waals surface area contributed by atoms with Gasteiger partial charge in [-0.05, 0) is 13.8 Å². The molecule has 2 rings (SSSR count). The van der Waals surface area contributed by atoms with Crippen molar-refractivity contribution in [3.8, 4) is 0 Å². The van der Waals surface area contributed by atoms with Crippen LogP contribution in [0.25, 0.3) is 0 Å². The molecule has 9 heteroatoms. The number of hydrogen-bond donors (Lipinski definition) is 1. The second-order valence-electron chi connectivity index (χ2n) is 4.06. The zero-order valence-electron chi connectivity index (χ0n) is 10.7. The molecular weight excluding hydrogens is 315 g/mol. The van der Waals surface area contributed by atoms with Gasteiger partial charge < -0.3 is 0 Å². The van der Waals surface area contributed by atoms with Crippen molar-refractivity contribution < 1.29 is 26.7 Å². The molecule has 1 heterocycles. The van der Waals surface area contributed by atoms with Crippen LogP contribution < -0.4 is 5.32 Å². The van der Waals surface area contributed by atoms with Crippen LogP contribution >= 0.6 is 11.3 Å². The SMILES string of the molecule is Cc1nc(NC(=O)c2c(F)c(F)c(F)c(F)c2F)sc1C. The molecule has 0 aliphatic carbocycles. The maximum atomic E-state index is 13.4. The number of benzene rings is 1. The molecule has 0 radical (unpaired) electrons. The van der Waals surface area contributed by atoms with Gasteiger partial charge in [0.15, 0.2) is 28.4 Å². The fraction of sp³-hybridized carbons (Fsp3) is 0.167. The van der Waals surface area contributed by atoms with Crippen LogP contribution in [-0.4, -0.2) is 10.9 Å². The molecule has 0 spiro atoms. The van der Waals surface area contributed by atoms with Crippen molar-refractivity contribution >= 4 is 22.4 Å². The lowest BCUT2D eigenvalue weighted by atomic mass is 10.1. The Bertz CT molecular complexity index is 695. The predicted molar refractivity (Wildman–Crippen MR) is 65.8 cm³/mol. The molecule has 1 aromatic heterocycles. The quantitative estimate of drug-likeness (QED) is 0.520. The van der Waals surface area contributed by atoms with E-state index in [4.69, 9.17) is 0 Å². The van der Waals surface area contributed by atoms with Gasteiger partial charge in [-0.2, -0.15) is 0 Å². The number of carbonyl (C=O) groups excluding carboxylic acids is 1. The molecular formula is C12H7F5N2OS. The summed E-state index contributed by atoms with van der Waals surface area (Å²) in [4.78, 5) is 16.3. The van der Waals surface area contributed by atoms with Crippen molar-refractivity contribution in [3.05, 3.63) is 45.2 Å². The molecule has 3 nitrogen and oxygen atoms in total. The highest BCUT2D eigenvalue weighted by Gasteiger charge is 2.30. The summed E-state index contributed by atoms with van der Waals surface area (Å²) in [5.41, 5.74) is -0.968. The maximum absolute atomic E-state index is 13.4. The second-order valence-corrected chi connectivity index (χ2v) is 5.26. The van der Waals surface area contributed by atoms with Crippen LogP contribution in [0.1, 0.15) is 20.9 Å². The number of hydrogen-bond acceptors (Lipinski definition) is 3. The molecule has 1 aromatic carbocycles. The number of nitrogens with one attached hydrogen (secondary N) is 1. The van der Waals surface area contributed by atoms with Gasteiger partial charge in [-0.25, -0.2) is 26.9 Å². The van der Waals surface area contributed by atoms with E-state index >= 15 is 0 Å². The van der Waals surface area contributed by atoms with E-state index in [1.54, 1.807) is 13.8 Å². The summed E-state index contributed by atoms with van der Waals surface area (Å²) < 4.78 is 65.8. The smallest absolute Gasteiger partial charge is 0.263 e. The summed E-state index contributed by atoms with van der Waals surface area (Å²) in [6.07, 6.45) is 0. The van der Waals surface area contributed by atoms with Gasteiger partial charge in [0.05, 0.1) is 5.69 Å². The van der Waals surface area contributed by atoms with E-state index < -0.39 is 40.6 Å². The summed E-state index contributed by atoms with van der Waals surface area (Å²) in [5, 5.41) is 2.01. The van der Waals surface area contributed by atoms with Crippen LogP contribution in [0, 0.1) is 42.9 Å². The fourth-order valence-corrected chi connectivity index (χ4v) is 2.30. The van der Waals surface area contributed by atoms with E-state index in [2.05, 4.69) is 4.98 Å². The van der Waals surface area contributed by atoms with E-state index in [1.165, 1.54) is 0 Å². The van der Waals surface area contributed by atoms with Crippen molar-refractivity contribution in [1.82, 2.24) is 4.98 Å². The van der Waals surface area contributed by atoms with Crippen molar-refractivity contribution in [2.75, 3.05) is 5.32 Å². The highest BCUT2D eigenvalue weighted by molar-refractivity contribution is 7.15. The minimum atomic E-state index is -2.32. The molecule has 1 amide bonds. The van der Waals surface area contributed by atoms with Gasteiger partial charge in [0, 0.05) is 4.88 Å². The Hall–Kier alpha value is -2.03. The molecule has 0 aliphatic rings. The zero-order chi connectivity index (χ0) is 15.9. The standard InChI is InChI=1S/C12H7F5N2OS/c1-3-4(2)21-12(18-3)19-11(20)5-6(13)8(15)10(17)9(16)7(5)14/h1-2H3,(H,18,19,20). The lowest BCUT2D eigenvalue weighted by molar-refractivity contribution is 0.101. The van der Waals surface area contributed by atoms with Crippen LogP contribution in [0.15, 0.2) is 0 Å². The number of amides is 1. The molecule has 0 bridgehead atoms. The number of aryl methyl sites for hydroxylation is 2. The molecule has 21 heavy (non-hydrogen) atoms. The van der Waals surface area contributed by atoms with Gasteiger partial charge in [0.25, 0.3) is 5.91 Å². The summed E-state index contributed by atoms with van der Waals surface area (Å²) >= 11 is 1.01. The van der Waals surface area contributed by atoms with Gasteiger partial charge in [-0.15, -0.1) is 11.3 Å². The van der Waals surface area contributed by atoms with Crippen molar-refractivity contribution in [2.24, 2.45) is 0 Å². The number of carbonyl (C=O) groups is 1. The third kappa shape index (κ3) is 2.60. The summed E-state index contributed by atoms with van der Waals surface area (Å²) in [6.45, 7) is 3.33. The van der Waals surface area contributed by atoms with Crippen LogP contribution in [0.5, 0.6) is 0 Å². The number of halogens is 5. The molecule has 112 valence electrons. The predicted octanol–water partition coefficient (Wildman–Crippen LogP) is 3.71. The number of nitrogens with zero attached hydrogens (tertiary/aromatic N) is 1. The maximum Gasteiger partial charge on any atom is 0.263 e. The monoisotopic (exact) mass is 322 g/mol. The first-order valence-corrected chi connectivity index (χ1v) is 6.32. The minimum absolute atomic E-state index is 0.000980. The summed E-state index contributed by atoms with van der Waals surface area (Å²) in [7, 11) is 0. The van der Waals surface area contributed by atoms with Crippen molar-refractivity contribution in [3.63, 3.8) is 0 Å². The topological polar surface area (TPSA) is 42.0 Å². The molecule has 0 saturated carbocycles. The molecule has 0 fully saturated rings. The van der Waals surface area contributed by atoms with E-state index in [9.17, 15) is 26.7 Å².